The molecular weight excluding hydrogens is 174 g/mol. The van der Waals surface area contributed by atoms with Crippen LogP contribution in [0.4, 0.5) is 0 Å². The summed E-state index contributed by atoms with van der Waals surface area (Å²) in [7, 11) is 1.10. The Hall–Kier alpha value is 0.467. The van der Waals surface area contributed by atoms with Gasteiger partial charge in [-0.1, -0.05) is 20.8 Å². The summed E-state index contributed by atoms with van der Waals surface area (Å²) in [6.07, 6.45) is 0. The van der Waals surface area contributed by atoms with Crippen LogP contribution < -0.4 is 5.32 Å². The molecule has 0 saturated carbocycles. The fraction of sp³-hybridized carbons (Fsp3) is 1.00. The molecule has 2 atom stereocenters. The Balaban J connectivity index is 4.26. The van der Waals surface area contributed by atoms with E-state index in [0.29, 0.717) is 5.92 Å². The Labute approximate surface area is 78.3 Å². The van der Waals surface area contributed by atoms with Crippen molar-refractivity contribution in [1.82, 2.24) is 5.32 Å². The highest BCUT2D eigenvalue weighted by Crippen LogP contribution is 2.21. The number of alkyl halides is 1. The monoisotopic (exact) mass is 193 g/mol. The van der Waals surface area contributed by atoms with Crippen LogP contribution in [0.5, 0.6) is 0 Å². The summed E-state index contributed by atoms with van der Waals surface area (Å²) >= 11 is 6.13. The highest BCUT2D eigenvalue weighted by molar-refractivity contribution is 6.28. The van der Waals surface area contributed by atoms with Crippen molar-refractivity contribution in [2.75, 3.05) is 6.54 Å². The van der Waals surface area contributed by atoms with Crippen LogP contribution in [0.1, 0.15) is 27.7 Å². The minimum Gasteiger partial charge on any atom is -0.313 e. The Bertz CT molecular complexity index is 107. The van der Waals surface area contributed by atoms with E-state index in [2.05, 4.69) is 33.0 Å². The molecule has 0 aliphatic rings. The van der Waals surface area contributed by atoms with Gasteiger partial charge >= 0.3 is 0 Å². The average molecular weight is 194 g/mol. The zero-order valence-electron chi connectivity index (χ0n) is 8.24. The van der Waals surface area contributed by atoms with Gasteiger partial charge < -0.3 is 5.32 Å². The van der Waals surface area contributed by atoms with Crippen LogP contribution in [0.2, 0.25) is 0 Å². The minimum atomic E-state index is 0.205. The van der Waals surface area contributed by atoms with Crippen LogP contribution in [0.25, 0.3) is 0 Å². The predicted molar refractivity (Wildman–Crippen MR) is 56.5 cm³/mol. The summed E-state index contributed by atoms with van der Waals surface area (Å²) in [6, 6.07) is 0. The van der Waals surface area contributed by atoms with Crippen molar-refractivity contribution in [3.8, 4) is 0 Å². The van der Waals surface area contributed by atoms with Gasteiger partial charge in [0.2, 0.25) is 0 Å². The van der Waals surface area contributed by atoms with E-state index in [1.807, 2.05) is 0 Å². The average Bonchev–Trinajstić information content (AvgIpc) is 1.87. The van der Waals surface area contributed by atoms with Gasteiger partial charge in [-0.3, -0.25) is 0 Å². The molecule has 0 bridgehead atoms. The number of rotatable bonds is 4. The summed E-state index contributed by atoms with van der Waals surface area (Å²) in [5.41, 5.74) is 0. The van der Waals surface area contributed by atoms with Crippen molar-refractivity contribution in [3.63, 3.8) is 0 Å². The fourth-order valence-corrected chi connectivity index (χ4v) is 1.87. The Morgan fingerprint density at radius 3 is 2.00 bits per heavy atom. The molecule has 1 nitrogen and oxygen atoms in total. The van der Waals surface area contributed by atoms with E-state index < -0.39 is 0 Å². The molecule has 3 heteroatoms. The van der Waals surface area contributed by atoms with Crippen LogP contribution in [0.3, 0.4) is 0 Å². The summed E-state index contributed by atoms with van der Waals surface area (Å²) < 4.78 is 0. The van der Waals surface area contributed by atoms with Crippen molar-refractivity contribution in [3.05, 3.63) is 0 Å². The van der Waals surface area contributed by atoms with Crippen LogP contribution in [0.15, 0.2) is 0 Å². The largest absolute Gasteiger partial charge is 0.313 e. The first-order valence-electron chi connectivity index (χ1n) is 4.34. The van der Waals surface area contributed by atoms with E-state index in [1.54, 1.807) is 0 Å². The van der Waals surface area contributed by atoms with Crippen LogP contribution in [0, 0.1) is 5.92 Å². The molecule has 11 heavy (non-hydrogen) atoms. The molecule has 0 fully saturated rings. The van der Waals surface area contributed by atoms with Crippen molar-refractivity contribution in [2.45, 2.75) is 38.2 Å². The lowest BCUT2D eigenvalue weighted by Gasteiger charge is -2.37. The van der Waals surface area contributed by atoms with E-state index in [1.165, 1.54) is 0 Å². The molecule has 0 rings (SSSR count). The van der Waals surface area contributed by atoms with Gasteiger partial charge in [0, 0.05) is 20.8 Å². The lowest BCUT2D eigenvalue weighted by atomic mass is 10.00. The van der Waals surface area contributed by atoms with Gasteiger partial charge in [0.05, 0.1) is 0 Å². The molecule has 0 aliphatic heterocycles. The molecule has 2 unspecified atom stereocenters. The summed E-state index contributed by atoms with van der Waals surface area (Å²) in [6.45, 7) is 9.69. The molecule has 1 N–H and O–H groups in total. The molecule has 0 heterocycles. The third kappa shape index (κ3) is 2.77. The first-order valence-corrected chi connectivity index (χ1v) is 5.77. The quantitative estimate of drug-likeness (QED) is 0.518. The number of hydrogen-bond acceptors (Lipinski definition) is 1. The van der Waals surface area contributed by atoms with E-state index >= 15 is 0 Å². The third-order valence-corrected chi connectivity index (χ3v) is 5.78. The lowest BCUT2D eigenvalue weighted by molar-refractivity contribution is 0.348. The summed E-state index contributed by atoms with van der Waals surface area (Å²) in [5.74, 6) is 0.626. The minimum absolute atomic E-state index is 0.205. The molecule has 0 aromatic carbocycles. The topological polar surface area (TPSA) is 12.0 Å². The van der Waals surface area contributed by atoms with Crippen molar-refractivity contribution < 1.29 is 0 Å². The number of halogens is 1. The SMILES string of the molecule is CCNC([SiH3])(C(C)C)C(C)Cl. The molecule has 68 valence electrons. The Kier molecular flexibility index (Phi) is 4.67. The van der Waals surface area contributed by atoms with Gasteiger partial charge in [-0.25, -0.2) is 0 Å². The fourth-order valence-electron chi connectivity index (χ4n) is 1.18. The molecule has 0 aliphatic carbocycles. The second kappa shape index (κ2) is 4.48. The number of nitrogens with one attached hydrogen (secondary N) is 1. The van der Waals surface area contributed by atoms with Crippen LogP contribution >= 0.6 is 11.6 Å². The second-order valence-corrected chi connectivity index (χ2v) is 5.89. The van der Waals surface area contributed by atoms with Gasteiger partial charge in [-0.15, -0.1) is 11.6 Å². The molecule has 0 radical (unpaired) electrons. The number of hydrogen-bond donors (Lipinski definition) is 1. The van der Waals surface area contributed by atoms with Gasteiger partial charge in [0.25, 0.3) is 0 Å². The van der Waals surface area contributed by atoms with E-state index in [4.69, 9.17) is 11.6 Å². The van der Waals surface area contributed by atoms with Gasteiger partial charge in [-0.2, -0.15) is 0 Å². The van der Waals surface area contributed by atoms with Crippen LogP contribution in [-0.4, -0.2) is 27.3 Å². The zero-order chi connectivity index (χ0) is 9.07. The maximum absolute atomic E-state index is 6.13. The predicted octanol–water partition coefficient (Wildman–Crippen LogP) is 0.941. The molecule has 0 saturated heterocycles. The van der Waals surface area contributed by atoms with Crippen molar-refractivity contribution >= 4 is 21.8 Å². The maximum atomic E-state index is 6.13. The highest BCUT2D eigenvalue weighted by Gasteiger charge is 2.31. The summed E-state index contributed by atoms with van der Waals surface area (Å²) in [5, 5.41) is 3.92. The van der Waals surface area contributed by atoms with E-state index in [0.717, 1.165) is 16.8 Å². The van der Waals surface area contributed by atoms with Crippen LogP contribution in [-0.2, 0) is 0 Å². The summed E-state index contributed by atoms with van der Waals surface area (Å²) in [4.78, 5) is 0. The first-order chi connectivity index (χ1) is 4.95. The standard InChI is InChI=1S/C8H20ClNSi/c1-5-10-8(11,6(2)3)7(4)9/h6-7,10H,5H2,1-4,11H3. The molecule has 0 spiro atoms. The van der Waals surface area contributed by atoms with E-state index in [9.17, 15) is 0 Å². The highest BCUT2D eigenvalue weighted by atomic mass is 35.5. The molecule has 0 aromatic heterocycles. The van der Waals surface area contributed by atoms with E-state index in [-0.39, 0.29) is 10.5 Å². The lowest BCUT2D eigenvalue weighted by Crippen LogP contribution is -2.56. The Morgan fingerprint density at radius 1 is 1.45 bits per heavy atom. The third-order valence-electron chi connectivity index (χ3n) is 2.58. The maximum Gasteiger partial charge on any atom is 0.0454 e. The van der Waals surface area contributed by atoms with Crippen molar-refractivity contribution in [1.29, 1.82) is 0 Å². The first kappa shape index (κ1) is 11.5. The Morgan fingerprint density at radius 2 is 1.91 bits per heavy atom. The normalized spacial score (nSPS) is 20.2. The molecular formula is C8H20ClNSi. The van der Waals surface area contributed by atoms with Gasteiger partial charge in [0.15, 0.2) is 0 Å². The van der Waals surface area contributed by atoms with Gasteiger partial charge in [-0.05, 0) is 19.4 Å². The zero-order valence-corrected chi connectivity index (χ0v) is 11.0. The molecule has 0 aromatic rings. The van der Waals surface area contributed by atoms with Gasteiger partial charge in [0.1, 0.15) is 0 Å². The smallest absolute Gasteiger partial charge is 0.0454 e. The molecule has 0 amide bonds. The van der Waals surface area contributed by atoms with Crippen molar-refractivity contribution in [2.24, 2.45) is 5.92 Å². The second-order valence-electron chi connectivity index (χ2n) is 3.58.